The molecule has 1 unspecified atom stereocenters. The molecule has 0 fully saturated rings. The molecule has 0 heterocycles. The highest BCUT2D eigenvalue weighted by Crippen LogP contribution is 2.24. The lowest BCUT2D eigenvalue weighted by Crippen LogP contribution is -2.29. The van der Waals surface area contributed by atoms with Gasteiger partial charge in [-0.3, -0.25) is 4.79 Å². The average Bonchev–Trinajstić information content (AvgIpc) is 2.53. The van der Waals surface area contributed by atoms with Crippen molar-refractivity contribution in [2.75, 3.05) is 19.6 Å². The van der Waals surface area contributed by atoms with Crippen LogP contribution in [0.15, 0.2) is 24.3 Å². The molecule has 2 heteroatoms. The van der Waals surface area contributed by atoms with Gasteiger partial charge in [-0.15, -0.1) is 0 Å². The van der Waals surface area contributed by atoms with E-state index in [1.807, 2.05) is 26.0 Å². The first kappa shape index (κ1) is 19.9. The molecule has 1 atom stereocenters. The van der Waals surface area contributed by atoms with Gasteiger partial charge in [0.2, 0.25) is 0 Å². The van der Waals surface area contributed by atoms with Crippen molar-refractivity contribution in [1.82, 2.24) is 4.90 Å². The Labute approximate surface area is 143 Å². The Bertz CT molecular complexity index is 461. The van der Waals surface area contributed by atoms with Gasteiger partial charge in [0.1, 0.15) is 0 Å². The third kappa shape index (κ3) is 6.47. The number of hydrogen-bond acceptors (Lipinski definition) is 2. The molecule has 0 saturated heterocycles. The lowest BCUT2D eigenvalue weighted by atomic mass is 9.91. The van der Waals surface area contributed by atoms with E-state index in [9.17, 15) is 4.79 Å². The zero-order valence-corrected chi connectivity index (χ0v) is 15.9. The number of benzene rings is 1. The Morgan fingerprint density at radius 1 is 1.04 bits per heavy atom. The number of rotatable bonds is 10. The first-order valence-corrected chi connectivity index (χ1v) is 9.25. The van der Waals surface area contributed by atoms with Crippen molar-refractivity contribution in [2.24, 2.45) is 11.8 Å². The molecule has 2 nitrogen and oxygen atoms in total. The van der Waals surface area contributed by atoms with Crippen LogP contribution in [0.3, 0.4) is 0 Å². The van der Waals surface area contributed by atoms with E-state index in [1.165, 1.54) is 18.5 Å². The van der Waals surface area contributed by atoms with Gasteiger partial charge >= 0.3 is 0 Å². The van der Waals surface area contributed by atoms with Crippen LogP contribution in [0.25, 0.3) is 0 Å². The summed E-state index contributed by atoms with van der Waals surface area (Å²) in [5, 5.41) is 0. The van der Waals surface area contributed by atoms with Gasteiger partial charge in [0.25, 0.3) is 0 Å². The fourth-order valence-corrected chi connectivity index (χ4v) is 3.09. The largest absolute Gasteiger partial charge is 0.303 e. The summed E-state index contributed by atoms with van der Waals surface area (Å²) in [4.78, 5) is 14.6. The second kappa shape index (κ2) is 9.87. The third-order valence-corrected chi connectivity index (χ3v) is 4.55. The van der Waals surface area contributed by atoms with E-state index in [-0.39, 0.29) is 11.7 Å². The van der Waals surface area contributed by atoms with Gasteiger partial charge in [0.05, 0.1) is 0 Å². The van der Waals surface area contributed by atoms with Crippen LogP contribution in [-0.4, -0.2) is 30.3 Å². The molecule has 0 N–H and O–H groups in total. The van der Waals surface area contributed by atoms with Crippen LogP contribution in [0.1, 0.15) is 76.2 Å². The summed E-state index contributed by atoms with van der Waals surface area (Å²) in [5.74, 6) is 1.60. The monoisotopic (exact) mass is 317 g/mol. The highest BCUT2D eigenvalue weighted by atomic mass is 16.1. The predicted molar refractivity (Wildman–Crippen MR) is 100 cm³/mol. The van der Waals surface area contributed by atoms with Crippen molar-refractivity contribution >= 4 is 5.78 Å². The first-order chi connectivity index (χ1) is 10.9. The third-order valence-electron chi connectivity index (χ3n) is 4.55. The van der Waals surface area contributed by atoms with Gasteiger partial charge in [-0.25, -0.2) is 0 Å². The Kier molecular flexibility index (Phi) is 8.54. The van der Waals surface area contributed by atoms with E-state index in [0.29, 0.717) is 5.92 Å². The maximum Gasteiger partial charge on any atom is 0.165 e. The molecule has 0 aromatic heterocycles. The molecule has 0 saturated carbocycles. The standard InChI is InChI=1S/C21H35NO/c1-7-18(13-14-22(8-2)15-16(3)4)19-9-11-20(12-10-19)21(23)17(5)6/h9-12,16-18H,7-8,13-15H2,1-6H3. The van der Waals surface area contributed by atoms with Crippen molar-refractivity contribution in [3.8, 4) is 0 Å². The highest BCUT2D eigenvalue weighted by molar-refractivity contribution is 5.97. The van der Waals surface area contributed by atoms with E-state index in [0.717, 1.165) is 31.0 Å². The van der Waals surface area contributed by atoms with E-state index >= 15 is 0 Å². The van der Waals surface area contributed by atoms with E-state index in [1.54, 1.807) is 0 Å². The van der Waals surface area contributed by atoms with E-state index in [2.05, 4.69) is 44.7 Å². The Morgan fingerprint density at radius 3 is 2.09 bits per heavy atom. The minimum absolute atomic E-state index is 0.0666. The fourth-order valence-electron chi connectivity index (χ4n) is 3.09. The second-order valence-electron chi connectivity index (χ2n) is 7.32. The van der Waals surface area contributed by atoms with Crippen molar-refractivity contribution in [2.45, 2.75) is 60.3 Å². The molecule has 1 aromatic rings. The summed E-state index contributed by atoms with van der Waals surface area (Å²) < 4.78 is 0. The molecule has 0 spiro atoms. The predicted octanol–water partition coefficient (Wildman–Crippen LogP) is 5.39. The molecule has 0 aliphatic rings. The highest BCUT2D eigenvalue weighted by Gasteiger charge is 2.14. The summed E-state index contributed by atoms with van der Waals surface area (Å²) >= 11 is 0. The zero-order valence-electron chi connectivity index (χ0n) is 15.9. The van der Waals surface area contributed by atoms with Crippen LogP contribution >= 0.6 is 0 Å². The normalized spacial score (nSPS) is 13.1. The van der Waals surface area contributed by atoms with Crippen molar-refractivity contribution in [3.63, 3.8) is 0 Å². The van der Waals surface area contributed by atoms with Gasteiger partial charge in [0, 0.05) is 18.0 Å². The second-order valence-corrected chi connectivity index (χ2v) is 7.32. The summed E-state index contributed by atoms with van der Waals surface area (Å²) in [6.45, 7) is 16.4. The number of carbonyl (C=O) groups excluding carboxylic acids is 1. The molecule has 130 valence electrons. The van der Waals surface area contributed by atoms with Gasteiger partial charge in [-0.1, -0.05) is 65.8 Å². The lowest BCUT2D eigenvalue weighted by molar-refractivity contribution is 0.0939. The van der Waals surface area contributed by atoms with Gasteiger partial charge in [-0.2, -0.15) is 0 Å². The summed E-state index contributed by atoms with van der Waals surface area (Å²) in [7, 11) is 0. The molecule has 0 aliphatic heterocycles. The van der Waals surface area contributed by atoms with Crippen LogP contribution < -0.4 is 0 Å². The van der Waals surface area contributed by atoms with Crippen LogP contribution in [-0.2, 0) is 0 Å². The van der Waals surface area contributed by atoms with Crippen LogP contribution in [0.4, 0.5) is 0 Å². The summed E-state index contributed by atoms with van der Waals surface area (Å²) in [6, 6.07) is 8.32. The molecule has 0 radical (unpaired) electrons. The molecular weight excluding hydrogens is 282 g/mol. The van der Waals surface area contributed by atoms with Crippen LogP contribution in [0.2, 0.25) is 0 Å². The number of carbonyl (C=O) groups is 1. The quantitative estimate of drug-likeness (QED) is 0.539. The molecule has 1 aromatic carbocycles. The van der Waals surface area contributed by atoms with E-state index < -0.39 is 0 Å². The maximum absolute atomic E-state index is 12.0. The number of hydrogen-bond donors (Lipinski definition) is 0. The molecule has 0 aliphatic carbocycles. The van der Waals surface area contributed by atoms with Crippen molar-refractivity contribution < 1.29 is 4.79 Å². The Hall–Kier alpha value is -1.15. The van der Waals surface area contributed by atoms with Crippen molar-refractivity contribution in [3.05, 3.63) is 35.4 Å². The topological polar surface area (TPSA) is 20.3 Å². The molecular formula is C21H35NO. The van der Waals surface area contributed by atoms with Gasteiger partial charge in [-0.05, 0) is 43.3 Å². The minimum atomic E-state index is 0.0666. The number of ketones is 1. The van der Waals surface area contributed by atoms with Crippen LogP contribution in [0, 0.1) is 11.8 Å². The fraction of sp³-hybridized carbons (Fsp3) is 0.667. The Balaban J connectivity index is 2.68. The van der Waals surface area contributed by atoms with Crippen LogP contribution in [0.5, 0.6) is 0 Å². The smallest absolute Gasteiger partial charge is 0.165 e. The lowest BCUT2D eigenvalue weighted by Gasteiger charge is -2.25. The number of nitrogens with zero attached hydrogens (tertiary/aromatic N) is 1. The molecule has 0 bridgehead atoms. The first-order valence-electron chi connectivity index (χ1n) is 9.25. The Morgan fingerprint density at radius 2 is 1.65 bits per heavy atom. The molecule has 23 heavy (non-hydrogen) atoms. The van der Waals surface area contributed by atoms with Gasteiger partial charge < -0.3 is 4.90 Å². The summed E-state index contributed by atoms with van der Waals surface area (Å²) in [5.41, 5.74) is 2.21. The molecule has 0 amide bonds. The summed E-state index contributed by atoms with van der Waals surface area (Å²) in [6.07, 6.45) is 2.34. The average molecular weight is 318 g/mol. The van der Waals surface area contributed by atoms with Gasteiger partial charge in [0.15, 0.2) is 5.78 Å². The SMILES string of the molecule is CCC(CCN(CC)CC(C)C)c1ccc(C(=O)C(C)C)cc1. The van der Waals surface area contributed by atoms with Crippen molar-refractivity contribution in [1.29, 1.82) is 0 Å². The zero-order chi connectivity index (χ0) is 17.4. The van der Waals surface area contributed by atoms with E-state index in [4.69, 9.17) is 0 Å². The minimum Gasteiger partial charge on any atom is -0.303 e. The maximum atomic E-state index is 12.0. The number of Topliss-reactive ketones (excluding diaryl/α,β-unsaturated/α-hetero) is 1. The molecule has 1 rings (SSSR count).